The second kappa shape index (κ2) is 6.13. The summed E-state index contributed by atoms with van der Waals surface area (Å²) in [5.41, 5.74) is 0.819. The fraction of sp³-hybridized carbons (Fsp3) is 0.308. The van der Waals surface area contributed by atoms with Crippen LogP contribution in [0, 0.1) is 10.1 Å². The third-order valence-corrected chi connectivity index (χ3v) is 3.92. The molecule has 0 atom stereocenters. The van der Waals surface area contributed by atoms with Gasteiger partial charge in [0.2, 0.25) is 0 Å². The molecule has 7 nitrogen and oxygen atoms in total. The first-order valence-corrected chi connectivity index (χ1v) is 7.67. The van der Waals surface area contributed by atoms with Crippen LogP contribution in [-0.2, 0) is 6.54 Å². The van der Waals surface area contributed by atoms with Crippen LogP contribution >= 0.6 is 27.5 Å². The highest BCUT2D eigenvalue weighted by Gasteiger charge is 2.20. The Hall–Kier alpha value is -1.80. The Balaban J connectivity index is 1.89. The molecule has 1 aliphatic rings. The van der Waals surface area contributed by atoms with Gasteiger partial charge in [0, 0.05) is 6.42 Å². The summed E-state index contributed by atoms with van der Waals surface area (Å²) >= 11 is 9.34. The van der Waals surface area contributed by atoms with Gasteiger partial charge in [-0.2, -0.15) is 4.68 Å². The zero-order chi connectivity index (χ0) is 15.7. The molecule has 0 saturated heterocycles. The van der Waals surface area contributed by atoms with Gasteiger partial charge in [-0.05, 0) is 38.5 Å². The highest BCUT2D eigenvalue weighted by Crippen LogP contribution is 2.38. The van der Waals surface area contributed by atoms with E-state index in [2.05, 4.69) is 21.0 Å². The SMILES string of the molecule is O=[N+]([O-])c1nn(Cc2cc(Cl)c3c(c2)OCCCO3)cc1Br. The van der Waals surface area contributed by atoms with Crippen LogP contribution in [0.2, 0.25) is 5.02 Å². The van der Waals surface area contributed by atoms with Crippen LogP contribution < -0.4 is 9.47 Å². The first-order valence-electron chi connectivity index (χ1n) is 6.50. The van der Waals surface area contributed by atoms with Crippen LogP contribution in [0.1, 0.15) is 12.0 Å². The molecular formula is C13H11BrClN3O4. The molecule has 1 aliphatic heterocycles. The number of benzene rings is 1. The monoisotopic (exact) mass is 387 g/mol. The smallest absolute Gasteiger partial charge is 0.404 e. The maximum atomic E-state index is 10.8. The zero-order valence-corrected chi connectivity index (χ0v) is 13.6. The van der Waals surface area contributed by atoms with E-state index in [1.165, 1.54) is 4.68 Å². The summed E-state index contributed by atoms with van der Waals surface area (Å²) in [4.78, 5) is 10.3. The van der Waals surface area contributed by atoms with E-state index in [1.54, 1.807) is 12.3 Å². The van der Waals surface area contributed by atoms with Crippen LogP contribution in [-0.4, -0.2) is 27.9 Å². The molecule has 1 aromatic heterocycles. The minimum Gasteiger partial charge on any atom is -0.489 e. The van der Waals surface area contributed by atoms with Crippen LogP contribution in [0.25, 0.3) is 0 Å². The molecule has 2 heterocycles. The maximum absolute atomic E-state index is 10.8. The van der Waals surface area contributed by atoms with Crippen molar-refractivity contribution >= 4 is 33.3 Å². The molecule has 0 unspecified atom stereocenters. The molecular weight excluding hydrogens is 378 g/mol. The van der Waals surface area contributed by atoms with Crippen molar-refractivity contribution in [2.24, 2.45) is 0 Å². The third-order valence-electron chi connectivity index (χ3n) is 3.08. The van der Waals surface area contributed by atoms with Gasteiger partial charge >= 0.3 is 5.82 Å². The Morgan fingerprint density at radius 3 is 2.91 bits per heavy atom. The molecule has 0 fully saturated rings. The molecule has 0 amide bonds. The van der Waals surface area contributed by atoms with Crippen molar-refractivity contribution in [3.05, 3.63) is 43.5 Å². The van der Waals surface area contributed by atoms with Gasteiger partial charge in [-0.1, -0.05) is 11.6 Å². The quantitative estimate of drug-likeness (QED) is 0.594. The van der Waals surface area contributed by atoms with Gasteiger partial charge in [0.25, 0.3) is 0 Å². The summed E-state index contributed by atoms with van der Waals surface area (Å²) in [5.74, 6) is 0.900. The summed E-state index contributed by atoms with van der Waals surface area (Å²) in [6.45, 7) is 1.46. The van der Waals surface area contributed by atoms with E-state index in [0.29, 0.717) is 40.8 Å². The van der Waals surface area contributed by atoms with E-state index >= 15 is 0 Å². The first kappa shape index (κ1) is 15.1. The molecule has 0 N–H and O–H groups in total. The van der Waals surface area contributed by atoms with E-state index in [1.807, 2.05) is 6.07 Å². The summed E-state index contributed by atoms with van der Waals surface area (Å²) in [5, 5.41) is 15.2. The number of fused-ring (bicyclic) bond motifs is 1. The number of rotatable bonds is 3. The number of aromatic nitrogens is 2. The topological polar surface area (TPSA) is 79.4 Å². The highest BCUT2D eigenvalue weighted by molar-refractivity contribution is 9.10. The highest BCUT2D eigenvalue weighted by atomic mass is 79.9. The lowest BCUT2D eigenvalue weighted by atomic mass is 10.2. The van der Waals surface area contributed by atoms with Gasteiger partial charge in [-0.25, -0.2) is 0 Å². The molecule has 0 radical (unpaired) electrons. The van der Waals surface area contributed by atoms with Gasteiger partial charge in [-0.3, -0.25) is 0 Å². The number of nitro groups is 1. The van der Waals surface area contributed by atoms with Crippen LogP contribution in [0.15, 0.2) is 22.8 Å². The van der Waals surface area contributed by atoms with Crippen molar-refractivity contribution < 1.29 is 14.4 Å². The van der Waals surface area contributed by atoms with Crippen LogP contribution in [0.3, 0.4) is 0 Å². The van der Waals surface area contributed by atoms with Crippen molar-refractivity contribution in [2.75, 3.05) is 13.2 Å². The summed E-state index contributed by atoms with van der Waals surface area (Å²) < 4.78 is 13.0. The van der Waals surface area contributed by atoms with Crippen LogP contribution in [0.5, 0.6) is 11.5 Å². The fourth-order valence-electron chi connectivity index (χ4n) is 2.15. The third kappa shape index (κ3) is 3.02. The number of hydrogen-bond donors (Lipinski definition) is 0. The number of ether oxygens (including phenoxy) is 2. The Kier molecular flexibility index (Phi) is 4.21. The van der Waals surface area contributed by atoms with Crippen molar-refractivity contribution in [3.63, 3.8) is 0 Å². The standard InChI is InChI=1S/C13H11BrClN3O4/c14-9-7-17(16-13(9)18(19)20)6-8-4-10(15)12-11(5-8)21-2-1-3-22-12/h4-5,7H,1-3,6H2. The van der Waals surface area contributed by atoms with Gasteiger partial charge in [0.05, 0.1) is 36.1 Å². The second-order valence-corrected chi connectivity index (χ2v) is 5.97. The largest absolute Gasteiger partial charge is 0.489 e. The van der Waals surface area contributed by atoms with Crippen LogP contribution in [0.4, 0.5) is 5.82 Å². The molecule has 2 aromatic rings. The minimum atomic E-state index is -0.540. The Labute approximate surface area is 139 Å². The fourth-order valence-corrected chi connectivity index (χ4v) is 2.90. The van der Waals surface area contributed by atoms with Gasteiger partial charge in [0.15, 0.2) is 11.5 Å². The number of halogens is 2. The predicted molar refractivity (Wildman–Crippen MR) is 82.7 cm³/mol. The van der Waals surface area contributed by atoms with E-state index in [-0.39, 0.29) is 5.82 Å². The van der Waals surface area contributed by atoms with E-state index in [0.717, 1.165) is 12.0 Å². The van der Waals surface area contributed by atoms with E-state index in [9.17, 15) is 10.1 Å². The average molecular weight is 389 g/mol. The summed E-state index contributed by atoms with van der Waals surface area (Å²) in [6.07, 6.45) is 2.34. The number of hydrogen-bond acceptors (Lipinski definition) is 5. The second-order valence-electron chi connectivity index (χ2n) is 4.71. The first-order chi connectivity index (χ1) is 10.5. The molecule has 0 bridgehead atoms. The molecule has 0 spiro atoms. The van der Waals surface area contributed by atoms with Gasteiger partial charge in [-0.15, -0.1) is 0 Å². The average Bonchev–Trinajstić information content (AvgIpc) is 2.68. The van der Waals surface area contributed by atoms with Crippen molar-refractivity contribution in [3.8, 4) is 11.5 Å². The van der Waals surface area contributed by atoms with Crippen molar-refractivity contribution in [2.45, 2.75) is 13.0 Å². The zero-order valence-electron chi connectivity index (χ0n) is 11.3. The molecule has 0 saturated carbocycles. The Morgan fingerprint density at radius 1 is 1.41 bits per heavy atom. The lowest BCUT2D eigenvalue weighted by Gasteiger charge is -2.11. The predicted octanol–water partition coefficient (Wildman–Crippen LogP) is 3.42. The van der Waals surface area contributed by atoms with Gasteiger partial charge in [0.1, 0.15) is 4.47 Å². The Bertz CT molecular complexity index is 734. The molecule has 116 valence electrons. The lowest BCUT2D eigenvalue weighted by molar-refractivity contribution is -0.390. The van der Waals surface area contributed by atoms with Crippen molar-refractivity contribution in [1.29, 1.82) is 0 Å². The van der Waals surface area contributed by atoms with E-state index < -0.39 is 4.92 Å². The molecule has 9 heteroatoms. The normalized spacial score (nSPS) is 13.7. The van der Waals surface area contributed by atoms with Crippen molar-refractivity contribution in [1.82, 2.24) is 9.78 Å². The lowest BCUT2D eigenvalue weighted by Crippen LogP contribution is -2.02. The Morgan fingerprint density at radius 2 is 2.18 bits per heavy atom. The summed E-state index contributed by atoms with van der Waals surface area (Å²) in [7, 11) is 0. The summed E-state index contributed by atoms with van der Waals surface area (Å²) in [6, 6.07) is 3.56. The van der Waals surface area contributed by atoms with E-state index in [4.69, 9.17) is 21.1 Å². The molecule has 1 aromatic carbocycles. The van der Waals surface area contributed by atoms with Gasteiger partial charge < -0.3 is 19.6 Å². The molecule has 0 aliphatic carbocycles. The number of nitrogens with zero attached hydrogens (tertiary/aromatic N) is 3. The minimum absolute atomic E-state index is 0.222. The molecule has 22 heavy (non-hydrogen) atoms. The maximum Gasteiger partial charge on any atom is 0.404 e. The molecule has 3 rings (SSSR count).